The molecule has 0 aliphatic carbocycles. The predicted octanol–water partition coefficient (Wildman–Crippen LogP) is 7.08. The van der Waals surface area contributed by atoms with Crippen molar-refractivity contribution in [3.8, 4) is 0 Å². The van der Waals surface area contributed by atoms with Crippen LogP contribution in [-0.4, -0.2) is 18.4 Å². The van der Waals surface area contributed by atoms with Gasteiger partial charge in [-0.15, -0.1) is 0 Å². The second-order valence-corrected chi connectivity index (χ2v) is 20.5. The molecule has 0 heterocycles. The van der Waals surface area contributed by atoms with E-state index < -0.39 is 18.4 Å². The molecule has 1 aromatic rings. The Bertz CT molecular complexity index is 465. The molecular formula is C22H38Sn. The minimum atomic E-state index is -2.30. The molecule has 0 saturated carbocycles. The van der Waals surface area contributed by atoms with Crippen molar-refractivity contribution < 1.29 is 0 Å². The van der Waals surface area contributed by atoms with Gasteiger partial charge in [-0.2, -0.15) is 0 Å². The van der Waals surface area contributed by atoms with Crippen LogP contribution in [0, 0.1) is 6.92 Å². The molecule has 0 unspecified atom stereocenters. The Kier molecular flexibility index (Phi) is 9.58. The number of unbranched alkanes of at least 4 members (excludes halogenated alkanes) is 3. The number of aryl methyl sites for hydroxylation is 1. The second kappa shape index (κ2) is 10.6. The monoisotopic (exact) mass is 422 g/mol. The quantitative estimate of drug-likeness (QED) is 0.335. The molecule has 0 amide bonds. The fraction of sp³-hybridized carbons (Fsp3) is 0.636. The Labute approximate surface area is 149 Å². The molecule has 23 heavy (non-hydrogen) atoms. The van der Waals surface area contributed by atoms with E-state index in [0.29, 0.717) is 0 Å². The molecule has 1 rings (SSSR count). The molecule has 0 radical (unpaired) electrons. The van der Waals surface area contributed by atoms with Crippen molar-refractivity contribution in [3.05, 3.63) is 35.9 Å². The van der Waals surface area contributed by atoms with Crippen LogP contribution < -0.4 is 3.58 Å². The van der Waals surface area contributed by atoms with E-state index in [1.165, 1.54) is 49.7 Å². The molecular weight excluding hydrogens is 383 g/mol. The van der Waals surface area contributed by atoms with Gasteiger partial charge in [0.15, 0.2) is 0 Å². The van der Waals surface area contributed by atoms with E-state index in [-0.39, 0.29) is 0 Å². The van der Waals surface area contributed by atoms with Crippen LogP contribution in [0.1, 0.15) is 77.3 Å². The van der Waals surface area contributed by atoms with Gasteiger partial charge in [0.25, 0.3) is 0 Å². The third kappa shape index (κ3) is 5.96. The average Bonchev–Trinajstić information content (AvgIpc) is 2.55. The van der Waals surface area contributed by atoms with Gasteiger partial charge >= 0.3 is 150 Å². The first-order valence-electron chi connectivity index (χ1n) is 9.77. The summed E-state index contributed by atoms with van der Waals surface area (Å²) >= 11 is -2.30. The molecule has 0 aliphatic rings. The summed E-state index contributed by atoms with van der Waals surface area (Å²) in [6.07, 6.45) is 8.32. The maximum atomic E-state index is 4.19. The summed E-state index contributed by atoms with van der Waals surface area (Å²) < 4.78 is 6.46. The van der Waals surface area contributed by atoms with Crippen LogP contribution >= 0.6 is 0 Å². The van der Waals surface area contributed by atoms with Gasteiger partial charge in [0.2, 0.25) is 0 Å². The SMILES string of the molecule is C=C(C)c1ccc(C)[c]([Sn]([CH2]CCC)([CH2]CCC)[CH2]CCC)c1. The summed E-state index contributed by atoms with van der Waals surface area (Å²) in [6.45, 7) is 15.8. The van der Waals surface area contributed by atoms with E-state index in [0.717, 1.165) is 0 Å². The number of hydrogen-bond donors (Lipinski definition) is 0. The Morgan fingerprint density at radius 1 is 0.913 bits per heavy atom. The third-order valence-electron chi connectivity index (χ3n) is 5.33. The van der Waals surface area contributed by atoms with Crippen molar-refractivity contribution in [3.63, 3.8) is 0 Å². The van der Waals surface area contributed by atoms with Crippen LogP contribution in [0.5, 0.6) is 0 Å². The average molecular weight is 421 g/mol. The van der Waals surface area contributed by atoms with Gasteiger partial charge in [-0.05, 0) is 0 Å². The first-order chi connectivity index (χ1) is 11.0. The van der Waals surface area contributed by atoms with E-state index in [9.17, 15) is 0 Å². The molecule has 1 aromatic carbocycles. The van der Waals surface area contributed by atoms with E-state index in [1.807, 2.05) is 3.58 Å². The van der Waals surface area contributed by atoms with Crippen LogP contribution in [0.25, 0.3) is 5.57 Å². The van der Waals surface area contributed by atoms with Gasteiger partial charge in [-0.1, -0.05) is 0 Å². The van der Waals surface area contributed by atoms with Crippen LogP contribution in [0.4, 0.5) is 0 Å². The maximum absolute atomic E-state index is 4.19. The molecule has 0 saturated heterocycles. The number of hydrogen-bond acceptors (Lipinski definition) is 0. The van der Waals surface area contributed by atoms with Crippen molar-refractivity contribution in [2.45, 2.75) is 86.5 Å². The fourth-order valence-electron chi connectivity index (χ4n) is 3.78. The normalized spacial score (nSPS) is 11.7. The summed E-state index contributed by atoms with van der Waals surface area (Å²) in [5.41, 5.74) is 4.15. The van der Waals surface area contributed by atoms with Crippen molar-refractivity contribution in [2.75, 3.05) is 0 Å². The zero-order valence-electron chi connectivity index (χ0n) is 16.3. The van der Waals surface area contributed by atoms with E-state index in [2.05, 4.69) is 59.4 Å². The second-order valence-electron chi connectivity index (χ2n) is 7.40. The van der Waals surface area contributed by atoms with Crippen molar-refractivity contribution in [1.29, 1.82) is 0 Å². The molecule has 0 aromatic heterocycles. The van der Waals surface area contributed by atoms with Crippen LogP contribution in [0.15, 0.2) is 24.8 Å². The molecule has 0 fully saturated rings. The van der Waals surface area contributed by atoms with Gasteiger partial charge in [0, 0.05) is 0 Å². The third-order valence-corrected chi connectivity index (χ3v) is 21.3. The molecule has 0 spiro atoms. The number of allylic oxidation sites excluding steroid dienone is 1. The molecule has 0 nitrogen and oxygen atoms in total. The zero-order valence-corrected chi connectivity index (χ0v) is 19.2. The standard InChI is InChI=1S/C10H11.3C4H9.Sn/c1-8(2)10-6-4-9(3)5-7-10;3*1-3-4-2;/h4,6-7H,1H2,2-3H3;3*1,3-4H2,2H3;. The van der Waals surface area contributed by atoms with E-state index in [4.69, 9.17) is 0 Å². The van der Waals surface area contributed by atoms with Crippen molar-refractivity contribution in [2.24, 2.45) is 0 Å². The van der Waals surface area contributed by atoms with E-state index >= 15 is 0 Å². The molecule has 0 bridgehead atoms. The van der Waals surface area contributed by atoms with Gasteiger partial charge in [0.1, 0.15) is 0 Å². The summed E-state index contributed by atoms with van der Waals surface area (Å²) in [4.78, 5) is 0. The molecule has 130 valence electrons. The Morgan fingerprint density at radius 3 is 1.78 bits per heavy atom. The van der Waals surface area contributed by atoms with Gasteiger partial charge in [-0.25, -0.2) is 0 Å². The predicted molar refractivity (Wildman–Crippen MR) is 110 cm³/mol. The minimum absolute atomic E-state index is 1.22. The Morgan fingerprint density at radius 2 is 1.39 bits per heavy atom. The first-order valence-corrected chi connectivity index (χ1v) is 17.3. The summed E-state index contributed by atoms with van der Waals surface area (Å²) in [6, 6.07) is 7.20. The Hall–Kier alpha value is -0.241. The molecule has 0 aliphatic heterocycles. The summed E-state index contributed by atoms with van der Waals surface area (Å²) in [5.74, 6) is 0. The van der Waals surface area contributed by atoms with Crippen LogP contribution in [0.2, 0.25) is 13.3 Å². The molecule has 1 heteroatoms. The Balaban J connectivity index is 3.33. The van der Waals surface area contributed by atoms with Crippen molar-refractivity contribution >= 4 is 27.5 Å². The number of rotatable bonds is 11. The van der Waals surface area contributed by atoms with Crippen LogP contribution in [-0.2, 0) is 0 Å². The van der Waals surface area contributed by atoms with E-state index in [1.54, 1.807) is 18.9 Å². The topological polar surface area (TPSA) is 0 Å². The van der Waals surface area contributed by atoms with Gasteiger partial charge in [0.05, 0.1) is 0 Å². The number of benzene rings is 1. The molecule has 0 atom stereocenters. The summed E-state index contributed by atoms with van der Waals surface area (Å²) in [5, 5.41) is 0. The van der Waals surface area contributed by atoms with Crippen molar-refractivity contribution in [1.82, 2.24) is 0 Å². The fourth-order valence-corrected chi connectivity index (χ4v) is 21.0. The van der Waals surface area contributed by atoms with Crippen LogP contribution in [0.3, 0.4) is 0 Å². The first kappa shape index (κ1) is 20.8. The zero-order chi connectivity index (χ0) is 17.3. The van der Waals surface area contributed by atoms with Gasteiger partial charge < -0.3 is 0 Å². The summed E-state index contributed by atoms with van der Waals surface area (Å²) in [7, 11) is 0. The molecule has 0 N–H and O–H groups in total. The van der Waals surface area contributed by atoms with Gasteiger partial charge in [-0.3, -0.25) is 0 Å².